The highest BCUT2D eigenvalue weighted by Crippen LogP contribution is 2.32. The Morgan fingerprint density at radius 3 is 2.45 bits per heavy atom. The number of aromatic nitrogens is 3. The second kappa shape index (κ2) is 12.2. The minimum Gasteiger partial charge on any atom is -0.481 e. The molecule has 38 heavy (non-hydrogen) atoms. The van der Waals surface area contributed by atoms with Crippen LogP contribution in [0.1, 0.15) is 46.8 Å². The number of carbonyl (C=O) groups is 2. The van der Waals surface area contributed by atoms with E-state index < -0.39 is 17.7 Å². The van der Waals surface area contributed by atoms with Crippen molar-refractivity contribution in [3.8, 4) is 0 Å². The number of carbonyl (C=O) groups excluding carboxylic acids is 1. The van der Waals surface area contributed by atoms with E-state index in [1.165, 1.54) is 0 Å². The molecule has 0 amide bonds. The summed E-state index contributed by atoms with van der Waals surface area (Å²) in [6, 6.07) is 10.5. The number of alkyl halides is 3. The molecule has 0 unspecified atom stereocenters. The van der Waals surface area contributed by atoms with Gasteiger partial charge in [-0.3, -0.25) is 9.78 Å². The molecule has 0 atom stereocenters. The Labute approximate surface area is 218 Å². The van der Waals surface area contributed by atoms with Crippen LogP contribution in [0.4, 0.5) is 24.8 Å². The Hall–Kier alpha value is -3.80. The Morgan fingerprint density at radius 2 is 1.82 bits per heavy atom. The van der Waals surface area contributed by atoms with Gasteiger partial charge in [0, 0.05) is 17.8 Å². The average molecular weight is 525 g/mol. The van der Waals surface area contributed by atoms with E-state index in [1.807, 2.05) is 6.07 Å². The van der Waals surface area contributed by atoms with Gasteiger partial charge < -0.3 is 20.0 Å². The molecule has 0 radical (unpaired) electrons. The average Bonchev–Trinajstić information content (AvgIpc) is 2.88. The van der Waals surface area contributed by atoms with Crippen LogP contribution in [0.25, 0.3) is 0 Å². The van der Waals surface area contributed by atoms with Gasteiger partial charge in [-0.25, -0.2) is 9.97 Å². The van der Waals surface area contributed by atoms with Crippen LogP contribution in [-0.2, 0) is 35.0 Å². The molecule has 1 fully saturated rings. The zero-order valence-electron chi connectivity index (χ0n) is 20.6. The van der Waals surface area contributed by atoms with Crippen molar-refractivity contribution in [3.05, 3.63) is 76.9 Å². The molecule has 8 nitrogen and oxygen atoms in total. The molecule has 0 bridgehead atoms. The summed E-state index contributed by atoms with van der Waals surface area (Å²) in [6.07, 6.45) is 0.403. The lowest BCUT2D eigenvalue weighted by molar-refractivity contribution is -0.139. The van der Waals surface area contributed by atoms with E-state index in [0.29, 0.717) is 24.2 Å². The number of benzene rings is 1. The minimum atomic E-state index is -4.63. The monoisotopic (exact) mass is 525 g/mol. The number of pyridine rings is 1. The maximum absolute atomic E-state index is 13.7. The SMILES string of the molecule is O=CBN1CCC(c2ccc(Nc3ncc(C(F)(F)F)c(CCc4ccccc4CC(=O)O)n3)cn2)CC1. The maximum Gasteiger partial charge on any atom is 0.419 e. The molecule has 1 aromatic carbocycles. The van der Waals surface area contributed by atoms with Crippen molar-refractivity contribution < 1.29 is 27.9 Å². The predicted molar refractivity (Wildman–Crippen MR) is 137 cm³/mol. The molecular formula is C26H27BF3N5O3. The molecule has 3 heterocycles. The number of hydrogen-bond donors (Lipinski definition) is 2. The summed E-state index contributed by atoms with van der Waals surface area (Å²) in [4.78, 5) is 36.5. The summed E-state index contributed by atoms with van der Waals surface area (Å²) in [7, 11) is 0.437. The highest BCUT2D eigenvalue weighted by molar-refractivity contribution is 6.64. The fourth-order valence-corrected chi connectivity index (χ4v) is 4.66. The number of piperidine rings is 1. The highest BCUT2D eigenvalue weighted by atomic mass is 19.4. The van der Waals surface area contributed by atoms with Crippen LogP contribution in [0.2, 0.25) is 0 Å². The van der Waals surface area contributed by atoms with Crippen molar-refractivity contribution in [2.24, 2.45) is 0 Å². The number of aryl methyl sites for hydroxylation is 2. The second-order valence-electron chi connectivity index (χ2n) is 9.23. The van der Waals surface area contributed by atoms with Gasteiger partial charge in [0.1, 0.15) is 0 Å². The zero-order chi connectivity index (χ0) is 27.1. The first-order valence-corrected chi connectivity index (χ1v) is 12.3. The molecule has 0 aliphatic carbocycles. The lowest BCUT2D eigenvalue weighted by atomic mass is 9.86. The number of aliphatic carboxylic acids is 1. The molecule has 1 saturated heterocycles. The summed E-state index contributed by atoms with van der Waals surface area (Å²) in [6.45, 7) is 1.65. The third-order valence-corrected chi connectivity index (χ3v) is 6.65. The van der Waals surface area contributed by atoms with Crippen molar-refractivity contribution in [1.82, 2.24) is 19.8 Å². The number of hydrogen-bond acceptors (Lipinski definition) is 7. The fourth-order valence-electron chi connectivity index (χ4n) is 4.66. The molecule has 0 saturated carbocycles. The van der Waals surface area contributed by atoms with Crippen LogP contribution >= 0.6 is 0 Å². The molecular weight excluding hydrogens is 498 g/mol. The predicted octanol–water partition coefficient (Wildman–Crippen LogP) is 3.77. The van der Waals surface area contributed by atoms with E-state index in [2.05, 4.69) is 25.1 Å². The van der Waals surface area contributed by atoms with E-state index in [1.54, 1.807) is 36.5 Å². The van der Waals surface area contributed by atoms with Crippen LogP contribution in [0.5, 0.6) is 0 Å². The molecule has 1 aliphatic rings. The van der Waals surface area contributed by atoms with Crippen molar-refractivity contribution >= 4 is 31.2 Å². The van der Waals surface area contributed by atoms with Gasteiger partial charge in [0.25, 0.3) is 7.41 Å². The number of anilines is 2. The van der Waals surface area contributed by atoms with Crippen LogP contribution in [0, 0.1) is 0 Å². The summed E-state index contributed by atoms with van der Waals surface area (Å²) in [5.41, 5.74) is 1.59. The number of nitrogens with one attached hydrogen (secondary N) is 1. The molecule has 2 N–H and O–H groups in total. The van der Waals surface area contributed by atoms with Gasteiger partial charge in [-0.05, 0) is 62.0 Å². The van der Waals surface area contributed by atoms with Crippen molar-refractivity contribution in [2.75, 3.05) is 18.4 Å². The Kier molecular flexibility index (Phi) is 8.72. The van der Waals surface area contributed by atoms with E-state index in [0.717, 1.165) is 44.0 Å². The number of halogens is 3. The second-order valence-corrected chi connectivity index (χ2v) is 9.23. The van der Waals surface area contributed by atoms with Crippen LogP contribution in [-0.4, -0.2) is 57.5 Å². The van der Waals surface area contributed by atoms with E-state index in [9.17, 15) is 22.8 Å². The Balaban J connectivity index is 1.47. The standard InChI is InChI=1S/C26H27BF3N5O3/c28-26(29,30)21-15-32-25(34-23(21)7-5-17-3-1-2-4-19(17)13-24(37)38)33-20-6-8-22(31-14-20)18-9-11-35(12-10-18)27-16-36/h1-4,6,8,14-16,18,27H,5,7,9-13H2,(H,37,38)(H,32,33,34). The number of rotatable bonds is 10. The summed E-state index contributed by atoms with van der Waals surface area (Å²) in [5, 5.41) is 12.1. The van der Waals surface area contributed by atoms with Gasteiger partial charge in [0.15, 0.2) is 0 Å². The van der Waals surface area contributed by atoms with Gasteiger partial charge in [-0.15, -0.1) is 0 Å². The van der Waals surface area contributed by atoms with Crippen molar-refractivity contribution in [2.45, 2.75) is 44.2 Å². The van der Waals surface area contributed by atoms with Crippen LogP contribution < -0.4 is 5.32 Å². The first kappa shape index (κ1) is 27.2. The molecule has 12 heteroatoms. The topological polar surface area (TPSA) is 108 Å². The minimum absolute atomic E-state index is 0.0172. The van der Waals surface area contributed by atoms with E-state index >= 15 is 0 Å². The molecule has 1 aliphatic heterocycles. The van der Waals surface area contributed by atoms with Crippen LogP contribution in [0.15, 0.2) is 48.8 Å². The molecule has 3 aromatic rings. The number of carboxylic acids is 1. The summed E-state index contributed by atoms with van der Waals surface area (Å²) < 4.78 is 41.0. The first-order valence-electron chi connectivity index (χ1n) is 12.3. The highest BCUT2D eigenvalue weighted by Gasteiger charge is 2.35. The lowest BCUT2D eigenvalue weighted by Gasteiger charge is -2.30. The van der Waals surface area contributed by atoms with Gasteiger partial charge in [0.05, 0.1) is 35.7 Å². The molecule has 2 aromatic heterocycles. The normalized spacial score (nSPS) is 14.7. The lowest BCUT2D eigenvalue weighted by Crippen LogP contribution is -2.36. The Morgan fingerprint density at radius 1 is 1.08 bits per heavy atom. The largest absolute Gasteiger partial charge is 0.481 e. The van der Waals surface area contributed by atoms with Gasteiger partial charge >= 0.3 is 12.1 Å². The molecule has 0 spiro atoms. The quantitative estimate of drug-likeness (QED) is 0.304. The van der Waals surface area contributed by atoms with Crippen molar-refractivity contribution in [3.63, 3.8) is 0 Å². The third-order valence-electron chi connectivity index (χ3n) is 6.65. The smallest absolute Gasteiger partial charge is 0.419 e. The zero-order valence-corrected chi connectivity index (χ0v) is 20.6. The number of nitrogens with zero attached hydrogens (tertiary/aromatic N) is 4. The summed E-state index contributed by atoms with van der Waals surface area (Å²) >= 11 is 0. The number of carboxylic acid groups (broad SMARTS) is 1. The van der Waals surface area contributed by atoms with Gasteiger partial charge in [-0.2, -0.15) is 13.2 Å². The van der Waals surface area contributed by atoms with Gasteiger partial charge in [0.2, 0.25) is 5.95 Å². The van der Waals surface area contributed by atoms with E-state index in [4.69, 9.17) is 5.11 Å². The van der Waals surface area contributed by atoms with Gasteiger partial charge in [-0.1, -0.05) is 24.3 Å². The Bertz CT molecular complexity index is 1270. The summed E-state index contributed by atoms with van der Waals surface area (Å²) in [5.74, 6) is -0.710. The first-order chi connectivity index (χ1) is 18.2. The fraction of sp³-hybridized carbons (Fsp3) is 0.346. The van der Waals surface area contributed by atoms with Crippen LogP contribution in [0.3, 0.4) is 0 Å². The molecule has 198 valence electrons. The maximum atomic E-state index is 13.7. The van der Waals surface area contributed by atoms with E-state index in [-0.39, 0.29) is 36.8 Å². The third kappa shape index (κ3) is 7.15. The van der Waals surface area contributed by atoms with Crippen molar-refractivity contribution in [1.29, 1.82) is 0 Å². The molecule has 4 rings (SSSR count).